The van der Waals surface area contributed by atoms with Crippen LogP contribution in [0.25, 0.3) is 0 Å². The van der Waals surface area contributed by atoms with Crippen molar-refractivity contribution < 1.29 is 69.6 Å². The standard InChI is InChI=1S/C11H14F6O10S4/c1-5(18)7(6(2)19)30(24,25)10(14,15)9(12,13)11(16,17)31(26,27)8(28(3,20)21)29(4,22)23/h7-8H,1-4H3. The maximum Gasteiger partial charge on any atom is 0.416 e. The van der Waals surface area contributed by atoms with Crippen molar-refractivity contribution in [3.05, 3.63) is 0 Å². The van der Waals surface area contributed by atoms with Crippen LogP contribution in [0.15, 0.2) is 0 Å². The van der Waals surface area contributed by atoms with Gasteiger partial charge in [0.15, 0.2) is 36.5 Å². The number of carbonyl (C=O) groups excluding carboxylic acids is 2. The van der Waals surface area contributed by atoms with Gasteiger partial charge in [-0.1, -0.05) is 0 Å². The Morgan fingerprint density at radius 1 is 0.613 bits per heavy atom. The van der Waals surface area contributed by atoms with Crippen LogP contribution in [0.2, 0.25) is 0 Å². The van der Waals surface area contributed by atoms with Crippen LogP contribution in [0.5, 0.6) is 0 Å². The molecule has 0 fully saturated rings. The first kappa shape index (κ1) is 29.7. The summed E-state index contributed by atoms with van der Waals surface area (Å²) in [5.74, 6) is -11.6. The van der Waals surface area contributed by atoms with Gasteiger partial charge in [0.05, 0.1) is 0 Å². The molecular weight excluding hydrogens is 534 g/mol. The third-order valence-corrected chi connectivity index (χ3v) is 14.3. The molecule has 0 spiro atoms. The Kier molecular flexibility index (Phi) is 7.61. The lowest BCUT2D eigenvalue weighted by Crippen LogP contribution is -2.65. The van der Waals surface area contributed by atoms with Crippen LogP contribution >= 0.6 is 0 Å². The summed E-state index contributed by atoms with van der Waals surface area (Å²) in [6.45, 7) is 0.298. The number of hydrogen-bond acceptors (Lipinski definition) is 10. The summed E-state index contributed by atoms with van der Waals surface area (Å²) in [6.07, 6.45) is -0.609. The van der Waals surface area contributed by atoms with Crippen molar-refractivity contribution in [1.29, 1.82) is 0 Å². The lowest BCUT2D eigenvalue weighted by Gasteiger charge is -2.34. The first-order valence-corrected chi connectivity index (χ1v) is 14.1. The van der Waals surface area contributed by atoms with Crippen LogP contribution in [-0.2, 0) is 48.9 Å². The second-order valence-corrected chi connectivity index (χ2v) is 15.6. The van der Waals surface area contributed by atoms with Crippen molar-refractivity contribution in [3.63, 3.8) is 0 Å². The summed E-state index contributed by atoms with van der Waals surface area (Å²) in [4.78, 5) is 22.4. The van der Waals surface area contributed by atoms with Gasteiger partial charge in [-0.3, -0.25) is 9.59 Å². The van der Waals surface area contributed by atoms with E-state index in [0.29, 0.717) is 0 Å². The Morgan fingerprint density at radius 3 is 1.10 bits per heavy atom. The Labute approximate surface area is 172 Å². The number of carbonyl (C=O) groups is 2. The third kappa shape index (κ3) is 4.61. The fourth-order valence-electron chi connectivity index (χ4n) is 2.30. The number of Topliss-reactive ketones (excluding diaryl/α,β-unsaturated/α-hetero) is 2. The van der Waals surface area contributed by atoms with E-state index in [-0.39, 0.29) is 26.4 Å². The molecule has 0 saturated heterocycles. The maximum atomic E-state index is 14.2. The van der Waals surface area contributed by atoms with E-state index in [1.807, 2.05) is 0 Å². The largest absolute Gasteiger partial charge is 0.416 e. The zero-order valence-corrected chi connectivity index (χ0v) is 18.9. The molecule has 31 heavy (non-hydrogen) atoms. The number of rotatable bonds is 10. The van der Waals surface area contributed by atoms with Gasteiger partial charge in [0, 0.05) is 12.5 Å². The summed E-state index contributed by atoms with van der Waals surface area (Å²) >= 11 is 0. The topological polar surface area (TPSA) is 171 Å². The average molecular weight is 548 g/mol. The summed E-state index contributed by atoms with van der Waals surface area (Å²) in [5, 5.41) is -18.1. The van der Waals surface area contributed by atoms with Crippen LogP contribution in [-0.4, -0.2) is 83.3 Å². The smallest absolute Gasteiger partial charge is 0.298 e. The molecule has 0 N–H and O–H groups in total. The molecule has 20 heteroatoms. The van der Waals surface area contributed by atoms with Crippen molar-refractivity contribution in [3.8, 4) is 0 Å². The Morgan fingerprint density at radius 2 is 0.871 bits per heavy atom. The van der Waals surface area contributed by atoms with Crippen LogP contribution in [0.3, 0.4) is 0 Å². The van der Waals surface area contributed by atoms with Gasteiger partial charge in [-0.25, -0.2) is 33.7 Å². The van der Waals surface area contributed by atoms with Crippen LogP contribution in [0.4, 0.5) is 26.3 Å². The highest BCUT2D eigenvalue weighted by Gasteiger charge is 2.84. The Bertz CT molecular complexity index is 1150. The van der Waals surface area contributed by atoms with E-state index in [1.54, 1.807) is 0 Å². The quantitative estimate of drug-likeness (QED) is 0.257. The van der Waals surface area contributed by atoms with Crippen LogP contribution in [0.1, 0.15) is 13.8 Å². The lowest BCUT2D eigenvalue weighted by atomic mass is 10.2. The SMILES string of the molecule is CC(=O)C(C(C)=O)S(=O)(=O)C(F)(F)C(F)(F)C(F)(F)S(=O)(=O)C(S(C)(=O)=O)S(C)(=O)=O. The van der Waals surface area contributed by atoms with Gasteiger partial charge in [-0.05, 0) is 13.8 Å². The predicted molar refractivity (Wildman–Crippen MR) is 91.3 cm³/mol. The van der Waals surface area contributed by atoms with Gasteiger partial charge in [0.1, 0.15) is 0 Å². The first-order valence-electron chi connectivity index (χ1n) is 7.12. The minimum absolute atomic E-state index is 0.149. The van der Waals surface area contributed by atoms with E-state index in [4.69, 9.17) is 0 Å². The highest BCUT2D eigenvalue weighted by molar-refractivity contribution is 8.24. The molecule has 0 saturated carbocycles. The first-order chi connectivity index (χ1) is 13.1. The number of halogens is 6. The molecule has 0 aliphatic heterocycles. The highest BCUT2D eigenvalue weighted by Crippen LogP contribution is 2.53. The molecule has 10 nitrogen and oxygen atoms in total. The molecule has 0 bridgehead atoms. The minimum Gasteiger partial charge on any atom is -0.298 e. The third-order valence-electron chi connectivity index (χ3n) is 3.45. The van der Waals surface area contributed by atoms with Gasteiger partial charge in [-0.15, -0.1) is 0 Å². The normalized spacial score (nSPS) is 15.4. The summed E-state index contributed by atoms with van der Waals surface area (Å²) < 4.78 is 173. The fourth-order valence-corrected chi connectivity index (χ4v) is 11.7. The summed E-state index contributed by atoms with van der Waals surface area (Å²) in [6, 6.07) is 0. The van der Waals surface area contributed by atoms with Crippen LogP contribution in [0, 0.1) is 0 Å². The second-order valence-electron chi connectivity index (χ2n) is 6.25. The molecular formula is C11H14F6O10S4. The molecule has 0 unspecified atom stereocenters. The number of ketones is 2. The molecule has 0 aliphatic rings. The maximum absolute atomic E-state index is 14.2. The summed E-state index contributed by atoms with van der Waals surface area (Å²) in [5.41, 5.74) is 0. The van der Waals surface area contributed by atoms with E-state index in [0.717, 1.165) is 0 Å². The van der Waals surface area contributed by atoms with Crippen molar-refractivity contribution in [2.24, 2.45) is 0 Å². The minimum atomic E-state index is -7.66. The molecule has 0 aliphatic carbocycles. The molecule has 0 aromatic carbocycles. The molecule has 0 heterocycles. The van der Waals surface area contributed by atoms with Crippen molar-refractivity contribution in [1.82, 2.24) is 0 Å². The molecule has 0 amide bonds. The number of alkyl halides is 6. The molecule has 0 atom stereocenters. The zero-order valence-electron chi connectivity index (χ0n) is 15.6. The van der Waals surface area contributed by atoms with Gasteiger partial charge in [0.25, 0.3) is 13.8 Å². The molecule has 0 aromatic heterocycles. The monoisotopic (exact) mass is 548 g/mol. The van der Waals surface area contributed by atoms with Crippen molar-refractivity contribution in [2.75, 3.05) is 12.5 Å². The molecule has 184 valence electrons. The average Bonchev–Trinajstić information content (AvgIpc) is 2.40. The lowest BCUT2D eigenvalue weighted by molar-refractivity contribution is -0.243. The van der Waals surface area contributed by atoms with Gasteiger partial charge in [0.2, 0.25) is 9.84 Å². The van der Waals surface area contributed by atoms with Crippen LogP contribution < -0.4 is 0 Å². The summed E-state index contributed by atoms with van der Waals surface area (Å²) in [7, 11) is -26.4. The Hall–Kier alpha value is -1.28. The predicted octanol–water partition coefficient (Wildman–Crippen LogP) is -0.444. The van der Waals surface area contributed by atoms with Crippen molar-refractivity contribution >= 4 is 50.9 Å². The van der Waals surface area contributed by atoms with E-state index in [2.05, 4.69) is 0 Å². The fraction of sp³-hybridized carbons (Fsp3) is 0.818. The molecule has 0 radical (unpaired) electrons. The number of hydrogen-bond donors (Lipinski definition) is 0. The Balaban J connectivity index is 7.27. The van der Waals surface area contributed by atoms with E-state index >= 15 is 0 Å². The van der Waals surface area contributed by atoms with E-state index < -0.39 is 76.5 Å². The van der Waals surface area contributed by atoms with Gasteiger partial charge < -0.3 is 0 Å². The molecule has 0 aromatic rings. The van der Waals surface area contributed by atoms with Gasteiger partial charge >= 0.3 is 16.4 Å². The zero-order chi connectivity index (χ0) is 25.8. The highest BCUT2D eigenvalue weighted by atomic mass is 32.3. The van der Waals surface area contributed by atoms with E-state index in [1.165, 1.54) is 0 Å². The van der Waals surface area contributed by atoms with Crippen molar-refractivity contribution in [2.45, 2.75) is 39.4 Å². The van der Waals surface area contributed by atoms with Gasteiger partial charge in [-0.2, -0.15) is 26.3 Å². The second kappa shape index (κ2) is 7.94. The van der Waals surface area contributed by atoms with E-state index in [9.17, 15) is 69.6 Å². The molecule has 0 rings (SSSR count). The number of sulfone groups is 4.